The van der Waals surface area contributed by atoms with Gasteiger partial charge in [-0.15, -0.1) is 0 Å². The van der Waals surface area contributed by atoms with Gasteiger partial charge in [-0.1, -0.05) is 24.4 Å². The first-order valence-corrected chi connectivity index (χ1v) is 6.78. The van der Waals surface area contributed by atoms with Crippen molar-refractivity contribution >= 4 is 78.0 Å². The molecule has 4 N–H and O–H groups in total. The Morgan fingerprint density at radius 3 is 1.17 bits per heavy atom. The molecule has 0 rings (SSSR count). The van der Waals surface area contributed by atoms with Gasteiger partial charge in [-0.3, -0.25) is 21.6 Å². The van der Waals surface area contributed by atoms with Gasteiger partial charge in [0, 0.05) is 0 Å². The van der Waals surface area contributed by atoms with Crippen LogP contribution in [0, 0.1) is 0 Å². The van der Waals surface area contributed by atoms with Crippen LogP contribution >= 0.6 is 46.0 Å². The minimum absolute atomic E-state index is 0.319. The van der Waals surface area contributed by atoms with Gasteiger partial charge < -0.3 is 34.8 Å². The Morgan fingerprint density at radius 1 is 1.08 bits per heavy atom. The van der Waals surface area contributed by atoms with E-state index in [4.69, 9.17) is 15.1 Å². The molecular formula is C2H4N2OS6V. The Hall–Kier alpha value is 1.56. The van der Waals surface area contributed by atoms with E-state index in [1.54, 1.807) is 0 Å². The summed E-state index contributed by atoms with van der Waals surface area (Å²) in [5, 5.41) is 0. The van der Waals surface area contributed by atoms with Gasteiger partial charge in [-0.25, -0.2) is 0 Å². The molecule has 0 aliphatic rings. The summed E-state index contributed by atoms with van der Waals surface area (Å²) in [5.41, 5.74) is 9.76. The van der Waals surface area contributed by atoms with Crippen LogP contribution in [0.1, 0.15) is 0 Å². The van der Waals surface area contributed by atoms with Crippen molar-refractivity contribution in [2.24, 2.45) is 11.5 Å². The number of hydrogen-bond donors (Lipinski definition) is 2. The van der Waals surface area contributed by atoms with E-state index >= 15 is 0 Å². The Balaban J connectivity index is -0.000000112. The predicted molar refractivity (Wildman–Crippen MR) is 64.2 cm³/mol. The molecule has 0 atom stereocenters. The molecule has 0 fully saturated rings. The van der Waals surface area contributed by atoms with E-state index in [0.29, 0.717) is 8.64 Å². The molecule has 0 aromatic rings. The quantitative estimate of drug-likeness (QED) is 0.382. The summed E-state index contributed by atoms with van der Waals surface area (Å²) in [4.78, 5) is 0. The van der Waals surface area contributed by atoms with Crippen molar-refractivity contribution in [1.82, 2.24) is 0 Å². The SMILES string of the molecule is NC(=S)S[S-].NC(=S)S[S-].[O]=[V+2]. The standard InChI is InChI=1S/2CH3NS3.O.V/c2*2-1(3)5-4;;/h2*4H,(H2,2,3);;/q;;;+2/p-2. The third kappa shape index (κ3) is 41.7. The van der Waals surface area contributed by atoms with Crippen molar-refractivity contribution in [3.8, 4) is 0 Å². The molecule has 12 heavy (non-hydrogen) atoms. The van der Waals surface area contributed by atoms with Crippen LogP contribution in [0.15, 0.2) is 0 Å². The molecule has 0 aliphatic heterocycles. The zero-order chi connectivity index (χ0) is 10.6. The van der Waals surface area contributed by atoms with Gasteiger partial charge in [-0.05, 0) is 0 Å². The summed E-state index contributed by atoms with van der Waals surface area (Å²) in [5.74, 6) is 0. The molecular weight excluding hydrogens is 311 g/mol. The third-order valence-electron chi connectivity index (χ3n) is 0.164. The number of rotatable bonds is 0. The Labute approximate surface area is 109 Å². The normalized spacial score (nSPS) is 6.67. The van der Waals surface area contributed by atoms with Crippen LogP contribution < -0.4 is 11.5 Å². The molecule has 0 aromatic heterocycles. The maximum atomic E-state index is 8.19. The van der Waals surface area contributed by atoms with E-state index in [2.05, 4.69) is 47.8 Å². The van der Waals surface area contributed by atoms with Crippen molar-refractivity contribution < 1.29 is 21.0 Å². The first-order chi connectivity index (χ1) is 5.54. The molecule has 0 saturated heterocycles. The molecule has 0 radical (unpaired) electrons. The van der Waals surface area contributed by atoms with Crippen LogP contribution in [0.3, 0.4) is 0 Å². The summed E-state index contributed by atoms with van der Waals surface area (Å²) in [6.07, 6.45) is 0. The topological polar surface area (TPSA) is 69.1 Å². The van der Waals surface area contributed by atoms with Crippen LogP contribution in [-0.4, -0.2) is 8.64 Å². The van der Waals surface area contributed by atoms with Crippen molar-refractivity contribution in [3.63, 3.8) is 0 Å². The molecule has 0 spiro atoms. The monoisotopic (exact) mass is 315 g/mol. The van der Waals surface area contributed by atoms with Crippen molar-refractivity contribution in [2.75, 3.05) is 0 Å². The van der Waals surface area contributed by atoms with Gasteiger partial charge in [0.15, 0.2) is 0 Å². The molecule has 69 valence electrons. The van der Waals surface area contributed by atoms with Crippen LogP contribution in [0.25, 0.3) is 0 Å². The average Bonchev–Trinajstić information content (AvgIpc) is 2.09. The fourth-order valence-electron chi connectivity index (χ4n) is 0. The summed E-state index contributed by atoms with van der Waals surface area (Å²) in [6.45, 7) is 0. The molecule has 3 nitrogen and oxygen atoms in total. The minimum atomic E-state index is 0.319. The molecule has 0 bridgehead atoms. The van der Waals surface area contributed by atoms with Gasteiger partial charge >= 0.3 is 21.0 Å². The van der Waals surface area contributed by atoms with Gasteiger partial charge in [0.25, 0.3) is 0 Å². The molecule has 0 heterocycles. The van der Waals surface area contributed by atoms with Crippen molar-refractivity contribution in [2.45, 2.75) is 0 Å². The third-order valence-corrected chi connectivity index (χ3v) is 2.70. The average molecular weight is 315 g/mol. The molecule has 0 aromatic carbocycles. The van der Waals surface area contributed by atoms with E-state index in [1.165, 1.54) is 0 Å². The van der Waals surface area contributed by atoms with Gasteiger partial charge in [-0.2, -0.15) is 0 Å². The Bertz CT molecular complexity index is 119. The van der Waals surface area contributed by atoms with Gasteiger partial charge in [0.2, 0.25) is 0 Å². The second-order valence-electron chi connectivity index (χ2n) is 0.805. The molecule has 0 aliphatic carbocycles. The number of thiocarbonyl (C=S) groups is 2. The summed E-state index contributed by atoms with van der Waals surface area (Å²) in [6, 6.07) is 0. The van der Waals surface area contributed by atoms with E-state index in [1.807, 2.05) is 0 Å². The number of hydrogen-bond acceptors (Lipinski definition) is 7. The Morgan fingerprint density at radius 2 is 1.17 bits per heavy atom. The Kier molecular flexibility index (Phi) is 29.4. The van der Waals surface area contributed by atoms with Gasteiger partial charge in [0.05, 0.1) is 0 Å². The summed E-state index contributed by atoms with van der Waals surface area (Å²) in [7, 11) is 1.94. The second-order valence-corrected chi connectivity index (χ2v) is 4.41. The fourth-order valence-corrected chi connectivity index (χ4v) is 0. The van der Waals surface area contributed by atoms with E-state index in [0.717, 1.165) is 39.0 Å². The van der Waals surface area contributed by atoms with Crippen LogP contribution in [0.4, 0.5) is 0 Å². The zero-order valence-electron chi connectivity index (χ0n) is 5.46. The second kappa shape index (κ2) is 18.4. The fraction of sp³-hybridized carbons (Fsp3) is 0. The van der Waals surface area contributed by atoms with Crippen LogP contribution in [0.2, 0.25) is 0 Å². The zero-order valence-corrected chi connectivity index (χ0v) is 11.8. The van der Waals surface area contributed by atoms with Crippen LogP contribution in [-0.2, 0) is 44.4 Å². The summed E-state index contributed by atoms with van der Waals surface area (Å²) >= 11 is 18.4. The van der Waals surface area contributed by atoms with Crippen molar-refractivity contribution in [3.05, 3.63) is 0 Å². The summed E-state index contributed by atoms with van der Waals surface area (Å²) < 4.78 is 8.83. The first-order valence-electron chi connectivity index (χ1n) is 1.91. The maximum absolute atomic E-state index is 8.19. The molecule has 0 saturated carbocycles. The van der Waals surface area contributed by atoms with E-state index in [9.17, 15) is 0 Å². The van der Waals surface area contributed by atoms with Crippen molar-refractivity contribution in [1.29, 1.82) is 0 Å². The molecule has 0 unspecified atom stereocenters. The van der Waals surface area contributed by atoms with E-state index in [-0.39, 0.29) is 0 Å². The predicted octanol–water partition coefficient (Wildman–Crippen LogP) is 0.729. The van der Waals surface area contributed by atoms with E-state index < -0.39 is 0 Å². The molecule has 10 heteroatoms. The van der Waals surface area contributed by atoms with Gasteiger partial charge in [0.1, 0.15) is 8.64 Å². The first kappa shape index (κ1) is 19.2. The molecule has 0 amide bonds. The van der Waals surface area contributed by atoms with Crippen LogP contribution in [0.5, 0.6) is 0 Å². The number of nitrogens with two attached hydrogens (primary N) is 2.